The lowest BCUT2D eigenvalue weighted by Crippen LogP contribution is -2.55. The molecule has 5 nitrogen and oxygen atoms in total. The van der Waals surface area contributed by atoms with Crippen molar-refractivity contribution in [2.45, 2.75) is 63.6 Å². The van der Waals surface area contributed by atoms with Crippen LogP contribution in [0.1, 0.15) is 39.0 Å². The van der Waals surface area contributed by atoms with Crippen LogP contribution in [-0.2, 0) is 9.47 Å². The van der Waals surface area contributed by atoms with Gasteiger partial charge in [0, 0.05) is 12.5 Å². The van der Waals surface area contributed by atoms with Gasteiger partial charge in [0.25, 0.3) is 0 Å². The molecule has 1 heterocycles. The molecule has 5 atom stereocenters. The van der Waals surface area contributed by atoms with Crippen LogP contribution < -0.4 is 0 Å². The van der Waals surface area contributed by atoms with E-state index in [1.165, 1.54) is 0 Å². The lowest BCUT2D eigenvalue weighted by molar-refractivity contribution is -0.282. The SMILES string of the molecule is C=CCCCCCCO[C@@H]1OC(CO)[C@@H](O)C(O)[C@@H]1C. The third-order valence-corrected chi connectivity index (χ3v) is 3.77. The fourth-order valence-electron chi connectivity index (χ4n) is 2.35. The molecule has 1 aliphatic rings. The van der Waals surface area contributed by atoms with Crippen LogP contribution >= 0.6 is 0 Å². The monoisotopic (exact) mass is 288 g/mol. The smallest absolute Gasteiger partial charge is 0.163 e. The van der Waals surface area contributed by atoms with Crippen LogP contribution in [0.4, 0.5) is 0 Å². The van der Waals surface area contributed by atoms with E-state index in [-0.39, 0.29) is 12.5 Å². The third kappa shape index (κ3) is 5.14. The van der Waals surface area contributed by atoms with Crippen molar-refractivity contribution in [3.05, 3.63) is 12.7 Å². The highest BCUT2D eigenvalue weighted by molar-refractivity contribution is 4.86. The van der Waals surface area contributed by atoms with Crippen molar-refractivity contribution in [2.75, 3.05) is 13.2 Å². The van der Waals surface area contributed by atoms with Crippen molar-refractivity contribution in [2.24, 2.45) is 5.92 Å². The molecule has 1 saturated heterocycles. The summed E-state index contributed by atoms with van der Waals surface area (Å²) in [5.41, 5.74) is 0. The minimum Gasteiger partial charge on any atom is -0.394 e. The molecule has 1 aliphatic heterocycles. The van der Waals surface area contributed by atoms with Crippen molar-refractivity contribution in [1.29, 1.82) is 0 Å². The molecule has 0 aromatic heterocycles. The van der Waals surface area contributed by atoms with Gasteiger partial charge in [0.05, 0.1) is 12.7 Å². The molecule has 0 spiro atoms. The molecule has 0 aromatic carbocycles. The zero-order valence-electron chi connectivity index (χ0n) is 12.3. The van der Waals surface area contributed by atoms with Crippen LogP contribution in [0.15, 0.2) is 12.7 Å². The Labute approximate surface area is 121 Å². The fourth-order valence-corrected chi connectivity index (χ4v) is 2.35. The average Bonchev–Trinajstić information content (AvgIpc) is 2.46. The molecule has 5 heteroatoms. The third-order valence-electron chi connectivity index (χ3n) is 3.77. The van der Waals surface area contributed by atoms with Crippen molar-refractivity contribution in [3.63, 3.8) is 0 Å². The summed E-state index contributed by atoms with van der Waals surface area (Å²) in [6, 6.07) is 0. The fraction of sp³-hybridized carbons (Fsp3) is 0.867. The first kappa shape index (κ1) is 17.6. The van der Waals surface area contributed by atoms with E-state index in [1.807, 2.05) is 6.08 Å². The summed E-state index contributed by atoms with van der Waals surface area (Å²) in [5.74, 6) is -0.312. The lowest BCUT2D eigenvalue weighted by atomic mass is 9.92. The first-order chi connectivity index (χ1) is 9.61. The lowest BCUT2D eigenvalue weighted by Gasteiger charge is -2.40. The van der Waals surface area contributed by atoms with Gasteiger partial charge in [-0.25, -0.2) is 0 Å². The predicted octanol–water partition coefficient (Wildman–Crippen LogP) is 1.21. The van der Waals surface area contributed by atoms with Crippen molar-refractivity contribution >= 4 is 0 Å². The number of aliphatic hydroxyl groups is 3. The first-order valence-corrected chi connectivity index (χ1v) is 7.46. The van der Waals surface area contributed by atoms with E-state index in [1.54, 1.807) is 6.92 Å². The predicted molar refractivity (Wildman–Crippen MR) is 76.2 cm³/mol. The number of hydrogen-bond donors (Lipinski definition) is 3. The Bertz CT molecular complexity index is 269. The van der Waals surface area contributed by atoms with Gasteiger partial charge in [0.1, 0.15) is 12.2 Å². The molecule has 2 unspecified atom stereocenters. The Balaban J connectivity index is 2.23. The summed E-state index contributed by atoms with van der Waals surface area (Å²) >= 11 is 0. The maximum atomic E-state index is 9.89. The normalized spacial score (nSPS) is 34.1. The molecule has 20 heavy (non-hydrogen) atoms. The van der Waals surface area contributed by atoms with E-state index in [9.17, 15) is 10.2 Å². The van der Waals surface area contributed by atoms with E-state index in [2.05, 4.69) is 6.58 Å². The highest BCUT2D eigenvalue weighted by atomic mass is 16.7. The number of unbranched alkanes of at least 4 members (excludes halogenated alkanes) is 4. The molecular weight excluding hydrogens is 260 g/mol. The zero-order chi connectivity index (χ0) is 15.0. The molecule has 3 N–H and O–H groups in total. The number of ether oxygens (including phenoxy) is 2. The van der Waals surface area contributed by atoms with Gasteiger partial charge in [-0.05, 0) is 19.3 Å². The van der Waals surface area contributed by atoms with Gasteiger partial charge in [-0.2, -0.15) is 0 Å². The molecule has 0 radical (unpaired) electrons. The summed E-state index contributed by atoms with van der Waals surface area (Å²) in [4.78, 5) is 0. The van der Waals surface area contributed by atoms with Crippen LogP contribution in [0.25, 0.3) is 0 Å². The summed E-state index contributed by atoms with van der Waals surface area (Å²) in [7, 11) is 0. The number of hydrogen-bond acceptors (Lipinski definition) is 5. The van der Waals surface area contributed by atoms with Gasteiger partial charge < -0.3 is 24.8 Å². The average molecular weight is 288 g/mol. The van der Waals surface area contributed by atoms with Gasteiger partial charge in [-0.15, -0.1) is 6.58 Å². The van der Waals surface area contributed by atoms with E-state index >= 15 is 0 Å². The molecule has 0 bridgehead atoms. The van der Waals surface area contributed by atoms with Crippen LogP contribution in [-0.4, -0.2) is 53.1 Å². The first-order valence-electron chi connectivity index (χ1n) is 7.46. The highest BCUT2D eigenvalue weighted by Gasteiger charge is 2.42. The maximum Gasteiger partial charge on any atom is 0.163 e. The van der Waals surface area contributed by atoms with Crippen molar-refractivity contribution in [3.8, 4) is 0 Å². The van der Waals surface area contributed by atoms with Gasteiger partial charge >= 0.3 is 0 Å². The molecular formula is C15H28O5. The molecule has 0 amide bonds. The molecule has 0 aromatic rings. The van der Waals surface area contributed by atoms with Crippen molar-refractivity contribution in [1.82, 2.24) is 0 Å². The minimum atomic E-state index is -1.06. The zero-order valence-corrected chi connectivity index (χ0v) is 12.3. The van der Waals surface area contributed by atoms with Gasteiger partial charge in [0.15, 0.2) is 6.29 Å². The largest absolute Gasteiger partial charge is 0.394 e. The van der Waals surface area contributed by atoms with Crippen LogP contribution in [0, 0.1) is 5.92 Å². The molecule has 1 fully saturated rings. The second-order valence-corrected chi connectivity index (χ2v) is 5.43. The summed E-state index contributed by atoms with van der Waals surface area (Å²) < 4.78 is 11.1. The number of allylic oxidation sites excluding steroid dienone is 1. The van der Waals surface area contributed by atoms with Crippen LogP contribution in [0.3, 0.4) is 0 Å². The molecule has 0 aliphatic carbocycles. The maximum absolute atomic E-state index is 9.89. The number of rotatable bonds is 9. The molecule has 0 saturated carbocycles. The topological polar surface area (TPSA) is 79.2 Å². The second-order valence-electron chi connectivity index (χ2n) is 5.43. The standard InChI is InChI=1S/C15H28O5/c1-3-4-5-6-7-8-9-19-15-11(2)13(17)14(18)12(10-16)20-15/h3,11-18H,1,4-10H2,2H3/t11-,12?,13?,14+,15+/m0/s1. The van der Waals surface area contributed by atoms with E-state index in [0.717, 1.165) is 32.1 Å². The Morgan fingerprint density at radius 1 is 1.15 bits per heavy atom. The van der Waals surface area contributed by atoms with Gasteiger partial charge in [-0.3, -0.25) is 0 Å². The van der Waals surface area contributed by atoms with E-state index < -0.39 is 24.6 Å². The Morgan fingerprint density at radius 2 is 1.85 bits per heavy atom. The Kier molecular flexibility index (Phi) is 8.33. The van der Waals surface area contributed by atoms with E-state index in [4.69, 9.17) is 14.6 Å². The second kappa shape index (κ2) is 9.47. The molecule has 1 rings (SSSR count). The minimum absolute atomic E-state index is 0.312. The molecule has 118 valence electrons. The summed E-state index contributed by atoms with van der Waals surface area (Å²) in [6.07, 6.45) is 3.95. The summed E-state index contributed by atoms with van der Waals surface area (Å²) in [6.45, 7) is 5.69. The Hall–Kier alpha value is -0.460. The Morgan fingerprint density at radius 3 is 2.50 bits per heavy atom. The van der Waals surface area contributed by atoms with Crippen LogP contribution in [0.2, 0.25) is 0 Å². The van der Waals surface area contributed by atoms with E-state index in [0.29, 0.717) is 6.61 Å². The quantitative estimate of drug-likeness (QED) is 0.439. The van der Waals surface area contributed by atoms with Gasteiger partial charge in [0.2, 0.25) is 0 Å². The van der Waals surface area contributed by atoms with Crippen molar-refractivity contribution < 1.29 is 24.8 Å². The van der Waals surface area contributed by atoms with Gasteiger partial charge in [-0.1, -0.05) is 25.8 Å². The highest BCUT2D eigenvalue weighted by Crippen LogP contribution is 2.26. The summed E-state index contributed by atoms with van der Waals surface area (Å²) in [5, 5.41) is 28.7. The number of aliphatic hydroxyl groups excluding tert-OH is 3. The van der Waals surface area contributed by atoms with Crippen LogP contribution in [0.5, 0.6) is 0 Å².